The molecule has 3 aromatic heterocycles. The lowest BCUT2D eigenvalue weighted by Gasteiger charge is -2.32. The number of hydrogen-bond acceptors (Lipinski definition) is 5. The van der Waals surface area contributed by atoms with Crippen LogP contribution in [0.5, 0.6) is 0 Å². The average molecular weight is 387 g/mol. The summed E-state index contributed by atoms with van der Waals surface area (Å²) >= 11 is 0. The molecule has 7 nitrogen and oxygen atoms in total. The maximum absolute atomic E-state index is 6.27. The zero-order chi connectivity index (χ0) is 19.6. The van der Waals surface area contributed by atoms with Crippen LogP contribution in [0.25, 0.3) is 22.2 Å². The number of nitrogen functional groups attached to an aromatic ring is 1. The van der Waals surface area contributed by atoms with Crippen molar-refractivity contribution in [3.63, 3.8) is 0 Å². The molecule has 0 unspecified atom stereocenters. The van der Waals surface area contributed by atoms with Crippen LogP contribution in [0.3, 0.4) is 0 Å². The molecule has 0 atom stereocenters. The molecule has 5 rings (SSSR count). The largest absolute Gasteiger partial charge is 0.383 e. The number of imidazole rings is 1. The van der Waals surface area contributed by atoms with Crippen LogP contribution in [-0.2, 0) is 6.54 Å². The fourth-order valence-corrected chi connectivity index (χ4v) is 4.32. The molecule has 148 valence electrons. The Labute approximate surface area is 169 Å². The van der Waals surface area contributed by atoms with E-state index in [0.29, 0.717) is 11.9 Å². The lowest BCUT2D eigenvalue weighted by molar-refractivity contribution is 0.183. The molecule has 0 spiro atoms. The fraction of sp³-hybridized carbons (Fsp3) is 0.318. The lowest BCUT2D eigenvalue weighted by atomic mass is 10.0. The predicted octanol–water partition coefficient (Wildman–Crippen LogP) is 3.21. The standard InChI is InChI=1S/C22H25N7/c23-21-20-19(17-4-2-1-3-5-17)14-29(22(20)26-15-25-21)18-6-9-27(10-7-18)12-13-28-11-8-24-16-28/h1-5,8,11,14-16,18H,6-7,9-10,12-13H2,(H2,23,25,26). The van der Waals surface area contributed by atoms with Gasteiger partial charge in [0.05, 0.1) is 11.7 Å². The van der Waals surface area contributed by atoms with Gasteiger partial charge in [0.25, 0.3) is 0 Å². The monoisotopic (exact) mass is 387 g/mol. The maximum Gasteiger partial charge on any atom is 0.146 e. The molecule has 29 heavy (non-hydrogen) atoms. The summed E-state index contributed by atoms with van der Waals surface area (Å²) in [5, 5.41) is 0.959. The number of piperidine rings is 1. The summed E-state index contributed by atoms with van der Waals surface area (Å²) in [5.74, 6) is 0.547. The molecular weight excluding hydrogens is 362 g/mol. The highest BCUT2D eigenvalue weighted by molar-refractivity contribution is 6.00. The van der Waals surface area contributed by atoms with Crippen molar-refractivity contribution in [2.45, 2.75) is 25.4 Å². The number of rotatable bonds is 5. The van der Waals surface area contributed by atoms with E-state index in [1.54, 1.807) is 6.33 Å². The van der Waals surface area contributed by atoms with Gasteiger partial charge in [0.15, 0.2) is 0 Å². The third-order valence-corrected chi connectivity index (χ3v) is 5.91. The normalized spacial score (nSPS) is 15.9. The third kappa shape index (κ3) is 3.49. The van der Waals surface area contributed by atoms with Crippen molar-refractivity contribution in [3.05, 3.63) is 61.6 Å². The minimum atomic E-state index is 0.425. The van der Waals surface area contributed by atoms with Crippen LogP contribution in [-0.4, -0.2) is 48.6 Å². The molecule has 4 heterocycles. The molecular formula is C22H25N7. The van der Waals surface area contributed by atoms with E-state index in [-0.39, 0.29) is 0 Å². The fourth-order valence-electron chi connectivity index (χ4n) is 4.32. The van der Waals surface area contributed by atoms with Gasteiger partial charge in [-0.25, -0.2) is 15.0 Å². The molecule has 1 aromatic carbocycles. The van der Waals surface area contributed by atoms with E-state index in [4.69, 9.17) is 5.73 Å². The number of hydrogen-bond donors (Lipinski definition) is 1. The Morgan fingerprint density at radius 1 is 1.03 bits per heavy atom. The van der Waals surface area contributed by atoms with E-state index in [0.717, 1.165) is 61.2 Å². The van der Waals surface area contributed by atoms with Crippen molar-refractivity contribution in [3.8, 4) is 11.1 Å². The number of fused-ring (bicyclic) bond motifs is 1. The zero-order valence-electron chi connectivity index (χ0n) is 16.4. The van der Waals surface area contributed by atoms with Crippen molar-refractivity contribution in [2.75, 3.05) is 25.4 Å². The Bertz CT molecular complexity index is 1080. The summed E-state index contributed by atoms with van der Waals surface area (Å²) in [7, 11) is 0. The van der Waals surface area contributed by atoms with Crippen molar-refractivity contribution in [1.82, 2.24) is 29.0 Å². The first-order valence-corrected chi connectivity index (χ1v) is 10.1. The topological polar surface area (TPSA) is 77.8 Å². The second-order valence-corrected chi connectivity index (χ2v) is 7.65. The van der Waals surface area contributed by atoms with E-state index in [9.17, 15) is 0 Å². The minimum Gasteiger partial charge on any atom is -0.383 e. The van der Waals surface area contributed by atoms with Crippen LogP contribution in [0.1, 0.15) is 18.9 Å². The summed E-state index contributed by atoms with van der Waals surface area (Å²) in [5.41, 5.74) is 9.46. The summed E-state index contributed by atoms with van der Waals surface area (Å²) < 4.78 is 4.46. The van der Waals surface area contributed by atoms with Gasteiger partial charge in [-0.2, -0.15) is 0 Å². The number of nitrogens with two attached hydrogens (primary N) is 1. The first-order valence-electron chi connectivity index (χ1n) is 10.1. The Morgan fingerprint density at radius 3 is 2.62 bits per heavy atom. The van der Waals surface area contributed by atoms with E-state index in [1.165, 1.54) is 0 Å². The van der Waals surface area contributed by atoms with Gasteiger partial charge < -0.3 is 19.8 Å². The SMILES string of the molecule is Nc1ncnc2c1c(-c1ccccc1)cn2C1CCN(CCn2ccnc2)CC1. The van der Waals surface area contributed by atoms with E-state index in [2.05, 4.69) is 59.4 Å². The molecule has 4 aromatic rings. The van der Waals surface area contributed by atoms with Crippen molar-refractivity contribution < 1.29 is 0 Å². The van der Waals surface area contributed by atoms with Gasteiger partial charge in [0.2, 0.25) is 0 Å². The highest BCUT2D eigenvalue weighted by Gasteiger charge is 2.24. The smallest absolute Gasteiger partial charge is 0.146 e. The van der Waals surface area contributed by atoms with E-state index in [1.807, 2.05) is 24.8 Å². The summed E-state index contributed by atoms with van der Waals surface area (Å²) in [6, 6.07) is 10.8. The number of benzene rings is 1. The van der Waals surface area contributed by atoms with Crippen molar-refractivity contribution in [1.29, 1.82) is 0 Å². The molecule has 0 aliphatic carbocycles. The predicted molar refractivity (Wildman–Crippen MR) is 114 cm³/mol. The molecule has 1 aliphatic rings. The quantitative estimate of drug-likeness (QED) is 0.569. The maximum atomic E-state index is 6.27. The number of anilines is 1. The van der Waals surface area contributed by atoms with Crippen molar-refractivity contribution in [2.24, 2.45) is 0 Å². The molecule has 0 bridgehead atoms. The number of nitrogens with zero attached hydrogens (tertiary/aromatic N) is 6. The van der Waals surface area contributed by atoms with Crippen LogP contribution in [0, 0.1) is 0 Å². The molecule has 0 amide bonds. The van der Waals surface area contributed by atoms with E-state index >= 15 is 0 Å². The highest BCUT2D eigenvalue weighted by Crippen LogP contribution is 2.36. The average Bonchev–Trinajstić information content (AvgIpc) is 3.42. The van der Waals surface area contributed by atoms with Crippen LogP contribution >= 0.6 is 0 Å². The summed E-state index contributed by atoms with van der Waals surface area (Å²) in [6.45, 7) is 4.21. The van der Waals surface area contributed by atoms with Crippen LogP contribution in [0.2, 0.25) is 0 Å². The molecule has 1 fully saturated rings. The second kappa shape index (κ2) is 7.67. The molecule has 7 heteroatoms. The molecule has 2 N–H and O–H groups in total. The second-order valence-electron chi connectivity index (χ2n) is 7.65. The van der Waals surface area contributed by atoms with Gasteiger partial charge in [-0.15, -0.1) is 0 Å². The number of likely N-dealkylation sites (tertiary alicyclic amines) is 1. The first-order chi connectivity index (χ1) is 14.3. The van der Waals surface area contributed by atoms with Gasteiger partial charge >= 0.3 is 0 Å². The van der Waals surface area contributed by atoms with Crippen molar-refractivity contribution >= 4 is 16.9 Å². The highest BCUT2D eigenvalue weighted by atomic mass is 15.2. The Balaban J connectivity index is 1.38. The van der Waals surface area contributed by atoms with Gasteiger partial charge in [-0.1, -0.05) is 30.3 Å². The Hall–Kier alpha value is -3.19. The van der Waals surface area contributed by atoms with Gasteiger partial charge in [-0.3, -0.25) is 0 Å². The van der Waals surface area contributed by atoms with Gasteiger partial charge in [-0.05, 0) is 18.4 Å². The lowest BCUT2D eigenvalue weighted by Crippen LogP contribution is -2.36. The molecule has 1 saturated heterocycles. The van der Waals surface area contributed by atoms with Gasteiger partial charge in [0, 0.05) is 56.4 Å². The third-order valence-electron chi connectivity index (χ3n) is 5.91. The molecule has 1 aliphatic heterocycles. The molecule has 0 saturated carbocycles. The summed E-state index contributed by atoms with van der Waals surface area (Å²) in [4.78, 5) is 15.5. The number of aromatic nitrogens is 5. The minimum absolute atomic E-state index is 0.425. The summed E-state index contributed by atoms with van der Waals surface area (Å²) in [6.07, 6.45) is 11.7. The van der Waals surface area contributed by atoms with Crippen LogP contribution in [0.15, 0.2) is 61.6 Å². The zero-order valence-corrected chi connectivity index (χ0v) is 16.4. The van der Waals surface area contributed by atoms with Gasteiger partial charge in [0.1, 0.15) is 17.8 Å². The Kier molecular flexibility index (Phi) is 4.73. The Morgan fingerprint density at radius 2 is 1.86 bits per heavy atom. The van der Waals surface area contributed by atoms with Crippen LogP contribution in [0.4, 0.5) is 5.82 Å². The molecule has 0 radical (unpaired) electrons. The van der Waals surface area contributed by atoms with E-state index < -0.39 is 0 Å². The van der Waals surface area contributed by atoms with Crippen LogP contribution < -0.4 is 5.73 Å². The first kappa shape index (κ1) is 17.9.